The fourth-order valence-electron chi connectivity index (χ4n) is 4.65. The Morgan fingerprint density at radius 3 is 2.73 bits per heavy atom. The van der Waals surface area contributed by atoms with Gasteiger partial charge in [0.05, 0.1) is 11.7 Å². The molecule has 1 aliphatic rings. The predicted octanol–water partition coefficient (Wildman–Crippen LogP) is 6.61. The van der Waals surface area contributed by atoms with Crippen LogP contribution < -0.4 is 10.6 Å². The number of halogens is 1. The quantitative estimate of drug-likeness (QED) is 0.262. The van der Waals surface area contributed by atoms with Crippen molar-refractivity contribution in [3.8, 4) is 11.3 Å². The summed E-state index contributed by atoms with van der Waals surface area (Å²) >= 11 is 12.1. The Kier molecular flexibility index (Phi) is 7.26. The first-order chi connectivity index (χ1) is 17.9. The fraction of sp³-hybridized carbons (Fsp3) is 0.207. The number of pyridine rings is 1. The van der Waals surface area contributed by atoms with Crippen LogP contribution in [-0.2, 0) is 4.79 Å². The zero-order chi connectivity index (χ0) is 25.9. The van der Waals surface area contributed by atoms with E-state index in [0.29, 0.717) is 16.7 Å². The first-order valence-corrected chi connectivity index (χ1v) is 12.9. The lowest BCUT2D eigenvalue weighted by Crippen LogP contribution is -2.32. The van der Waals surface area contributed by atoms with Gasteiger partial charge in [0.2, 0.25) is 5.91 Å². The van der Waals surface area contributed by atoms with Crippen molar-refractivity contribution in [3.05, 3.63) is 107 Å². The van der Waals surface area contributed by atoms with E-state index in [1.165, 1.54) is 0 Å². The number of hydrogen-bond donors (Lipinski definition) is 2. The number of nitrogens with one attached hydrogen (secondary N) is 2. The molecule has 2 aromatic carbocycles. The number of amides is 1. The number of rotatable bonds is 7. The minimum Gasteiger partial charge on any atom is -0.459 e. The molecule has 8 heteroatoms. The topological polar surface area (TPSA) is 70.4 Å². The number of furan rings is 1. The van der Waals surface area contributed by atoms with E-state index in [1.54, 1.807) is 6.20 Å². The minimum atomic E-state index is -0.276. The molecule has 4 aromatic rings. The maximum atomic E-state index is 12.8. The Morgan fingerprint density at radius 2 is 1.95 bits per heavy atom. The first kappa shape index (κ1) is 25.0. The summed E-state index contributed by atoms with van der Waals surface area (Å²) in [5.41, 5.74) is 4.60. The van der Waals surface area contributed by atoms with E-state index in [9.17, 15) is 4.79 Å². The Hall–Kier alpha value is -3.68. The van der Waals surface area contributed by atoms with Crippen molar-refractivity contribution in [1.29, 1.82) is 0 Å². The highest BCUT2D eigenvalue weighted by Crippen LogP contribution is 2.41. The minimum absolute atomic E-state index is 0.0804. The number of aryl methyl sites for hydroxylation is 1. The van der Waals surface area contributed by atoms with Crippen LogP contribution >= 0.6 is 23.8 Å². The highest BCUT2D eigenvalue weighted by atomic mass is 35.5. The largest absolute Gasteiger partial charge is 0.459 e. The van der Waals surface area contributed by atoms with Gasteiger partial charge in [0.25, 0.3) is 0 Å². The van der Waals surface area contributed by atoms with Gasteiger partial charge >= 0.3 is 0 Å². The molecule has 6 nitrogen and oxygen atoms in total. The molecule has 3 heterocycles. The van der Waals surface area contributed by atoms with Crippen molar-refractivity contribution < 1.29 is 9.21 Å². The monoisotopic (exact) mass is 530 g/mol. The van der Waals surface area contributed by atoms with Crippen LogP contribution in [0.2, 0.25) is 5.02 Å². The third kappa shape index (κ3) is 5.38. The molecule has 2 aromatic heterocycles. The van der Waals surface area contributed by atoms with Crippen LogP contribution in [0.3, 0.4) is 0 Å². The Labute approximate surface area is 226 Å². The van der Waals surface area contributed by atoms with E-state index in [0.717, 1.165) is 39.6 Å². The van der Waals surface area contributed by atoms with Crippen molar-refractivity contribution >= 4 is 40.5 Å². The maximum absolute atomic E-state index is 12.8. The average Bonchev–Trinajstić information content (AvgIpc) is 3.49. The van der Waals surface area contributed by atoms with Crippen molar-refractivity contribution in [2.45, 2.75) is 32.4 Å². The molecule has 2 N–H and O–H groups in total. The smallest absolute Gasteiger partial charge is 0.226 e. The van der Waals surface area contributed by atoms with Gasteiger partial charge < -0.3 is 20.0 Å². The normalized spacial score (nSPS) is 17.1. The third-order valence-electron chi connectivity index (χ3n) is 6.53. The van der Waals surface area contributed by atoms with E-state index >= 15 is 0 Å². The van der Waals surface area contributed by atoms with Gasteiger partial charge in [0.1, 0.15) is 17.6 Å². The molecule has 0 saturated carbocycles. The molecule has 188 valence electrons. The Morgan fingerprint density at radius 1 is 1.11 bits per heavy atom. The number of hydrogen-bond acceptors (Lipinski definition) is 4. The lowest BCUT2D eigenvalue weighted by molar-refractivity contribution is -0.116. The van der Waals surface area contributed by atoms with E-state index in [4.69, 9.17) is 28.2 Å². The van der Waals surface area contributed by atoms with Crippen LogP contribution in [-0.4, -0.2) is 27.4 Å². The summed E-state index contributed by atoms with van der Waals surface area (Å²) < 4.78 is 6.41. The molecular weight excluding hydrogens is 504 g/mol. The van der Waals surface area contributed by atoms with Crippen LogP contribution in [0.25, 0.3) is 11.3 Å². The highest BCUT2D eigenvalue weighted by Gasteiger charge is 2.41. The van der Waals surface area contributed by atoms with Gasteiger partial charge in [-0.3, -0.25) is 9.78 Å². The summed E-state index contributed by atoms with van der Waals surface area (Å²) in [4.78, 5) is 19.4. The predicted molar refractivity (Wildman–Crippen MR) is 150 cm³/mol. The van der Waals surface area contributed by atoms with Gasteiger partial charge in [-0.2, -0.15) is 0 Å². The van der Waals surface area contributed by atoms with Crippen LogP contribution in [0.1, 0.15) is 41.1 Å². The van der Waals surface area contributed by atoms with E-state index in [2.05, 4.69) is 15.6 Å². The molecule has 5 rings (SSSR count). The molecule has 0 spiro atoms. The van der Waals surface area contributed by atoms with Gasteiger partial charge in [-0.15, -0.1) is 0 Å². The third-order valence-corrected chi connectivity index (χ3v) is 7.29. The first-order valence-electron chi connectivity index (χ1n) is 12.1. The standard InChI is InChI=1S/C29H27ClN4O2S/c1-18-7-5-8-20(17-18)32-26(35)14-16-34-28(27(33-29(34)37)23-11-3-4-15-31-23)25-13-12-24(36-25)21-9-6-10-22(30)19(21)2/h3-13,15,17,27-28H,14,16H2,1-2H3,(H,32,35)(H,33,37)/t27-,28-/m0/s1. The van der Waals surface area contributed by atoms with Crippen LogP contribution in [0.5, 0.6) is 0 Å². The van der Waals surface area contributed by atoms with E-state index < -0.39 is 0 Å². The molecular formula is C29H27ClN4O2S. The van der Waals surface area contributed by atoms with Crippen molar-refractivity contribution in [3.63, 3.8) is 0 Å². The van der Waals surface area contributed by atoms with E-state index in [1.807, 2.05) is 91.5 Å². The SMILES string of the molecule is Cc1cccc(NC(=O)CCN2C(=S)N[C@@H](c3ccccn3)[C@@H]2c2ccc(-c3cccc(Cl)c3C)o2)c1. The molecule has 1 saturated heterocycles. The summed E-state index contributed by atoms with van der Waals surface area (Å²) in [6.45, 7) is 4.39. The van der Waals surface area contributed by atoms with Crippen molar-refractivity contribution in [2.75, 3.05) is 11.9 Å². The molecule has 1 aliphatic heterocycles. The van der Waals surface area contributed by atoms with Gasteiger partial charge in [-0.25, -0.2) is 0 Å². The summed E-state index contributed by atoms with van der Waals surface area (Å²) in [6, 6.07) is 22.7. The molecule has 0 aliphatic carbocycles. The Balaban J connectivity index is 1.42. The summed E-state index contributed by atoms with van der Waals surface area (Å²) in [7, 11) is 0. The fourth-order valence-corrected chi connectivity index (χ4v) is 5.16. The number of carbonyl (C=O) groups excluding carboxylic acids is 1. The zero-order valence-electron chi connectivity index (χ0n) is 20.6. The summed E-state index contributed by atoms with van der Waals surface area (Å²) in [5.74, 6) is 1.38. The molecule has 0 unspecified atom stereocenters. The number of thiocarbonyl (C=S) groups is 1. The van der Waals surface area contributed by atoms with Crippen molar-refractivity contribution in [2.24, 2.45) is 0 Å². The van der Waals surface area contributed by atoms with E-state index in [-0.39, 0.29) is 24.4 Å². The number of anilines is 1. The molecule has 1 fully saturated rings. The number of benzene rings is 2. The van der Waals surface area contributed by atoms with Gasteiger partial charge in [-0.05, 0) is 79.7 Å². The second-order valence-corrected chi connectivity index (χ2v) is 9.90. The maximum Gasteiger partial charge on any atom is 0.226 e. The van der Waals surface area contributed by atoms with Crippen LogP contribution in [0.15, 0.2) is 83.4 Å². The Bertz CT molecular complexity index is 1440. The van der Waals surface area contributed by atoms with Gasteiger partial charge in [0.15, 0.2) is 5.11 Å². The number of aromatic nitrogens is 1. The lowest BCUT2D eigenvalue weighted by atomic mass is 10.0. The molecule has 2 atom stereocenters. The molecule has 0 radical (unpaired) electrons. The summed E-state index contributed by atoms with van der Waals surface area (Å²) in [5, 5.41) is 7.62. The van der Waals surface area contributed by atoms with Gasteiger partial charge in [-0.1, -0.05) is 41.9 Å². The van der Waals surface area contributed by atoms with Crippen LogP contribution in [0, 0.1) is 13.8 Å². The molecule has 0 bridgehead atoms. The highest BCUT2D eigenvalue weighted by molar-refractivity contribution is 7.80. The number of nitrogens with zero attached hydrogens (tertiary/aromatic N) is 2. The zero-order valence-corrected chi connectivity index (χ0v) is 22.1. The molecule has 37 heavy (non-hydrogen) atoms. The molecule has 1 amide bonds. The summed E-state index contributed by atoms with van der Waals surface area (Å²) in [6.07, 6.45) is 2.03. The number of carbonyl (C=O) groups is 1. The second kappa shape index (κ2) is 10.7. The lowest BCUT2D eigenvalue weighted by Gasteiger charge is -2.26. The van der Waals surface area contributed by atoms with Crippen LogP contribution in [0.4, 0.5) is 5.69 Å². The van der Waals surface area contributed by atoms with Crippen molar-refractivity contribution in [1.82, 2.24) is 15.2 Å². The average molecular weight is 531 g/mol. The van der Waals surface area contributed by atoms with Gasteiger partial charge in [0, 0.05) is 35.4 Å². The second-order valence-electron chi connectivity index (χ2n) is 9.10.